The van der Waals surface area contributed by atoms with Crippen molar-refractivity contribution in [3.8, 4) is 0 Å². The van der Waals surface area contributed by atoms with Gasteiger partial charge in [-0.15, -0.1) is 0 Å². The molecule has 0 aliphatic heterocycles. The quantitative estimate of drug-likeness (QED) is 0.342. The minimum Gasteiger partial charge on any atom is -0.469 e. The van der Waals surface area contributed by atoms with Crippen molar-refractivity contribution in [3.05, 3.63) is 12.2 Å². The van der Waals surface area contributed by atoms with Gasteiger partial charge < -0.3 is 14.9 Å². The highest BCUT2D eigenvalue weighted by molar-refractivity contribution is 7.99. The van der Waals surface area contributed by atoms with Crippen LogP contribution in [0.2, 0.25) is 0 Å². The third kappa shape index (κ3) is 6.39. The van der Waals surface area contributed by atoms with E-state index in [1.54, 1.807) is 17.8 Å². The summed E-state index contributed by atoms with van der Waals surface area (Å²) in [4.78, 5) is 23.3. The third-order valence-electron chi connectivity index (χ3n) is 5.62. The van der Waals surface area contributed by atoms with Crippen LogP contribution >= 0.6 is 11.8 Å². The predicted molar refractivity (Wildman–Crippen MR) is 103 cm³/mol. The zero-order valence-electron chi connectivity index (χ0n) is 15.6. The van der Waals surface area contributed by atoms with Crippen LogP contribution in [0.1, 0.15) is 51.4 Å². The van der Waals surface area contributed by atoms with Gasteiger partial charge in [0, 0.05) is 24.7 Å². The largest absolute Gasteiger partial charge is 0.469 e. The molecule has 2 N–H and O–H groups in total. The van der Waals surface area contributed by atoms with E-state index >= 15 is 0 Å². The topological polar surface area (TPSA) is 83.8 Å². The number of esters is 1. The molecular formula is C20H32O5S. The SMILES string of the molecule is COC(=O)CCCSCC[C@H]1C(=O)C[C@@H](O)[C@@H]1/C=C/[C@@H](O)C1CCCC1. The van der Waals surface area contributed by atoms with Gasteiger partial charge in [0.15, 0.2) is 0 Å². The summed E-state index contributed by atoms with van der Waals surface area (Å²) >= 11 is 1.73. The van der Waals surface area contributed by atoms with E-state index in [1.807, 2.05) is 6.08 Å². The van der Waals surface area contributed by atoms with E-state index in [4.69, 9.17) is 0 Å². The molecule has 2 fully saturated rings. The molecule has 0 unspecified atom stereocenters. The molecule has 0 amide bonds. The van der Waals surface area contributed by atoms with Crippen molar-refractivity contribution < 1.29 is 24.5 Å². The second kappa shape index (κ2) is 11.1. The van der Waals surface area contributed by atoms with E-state index in [0.717, 1.165) is 37.2 Å². The molecule has 0 aromatic heterocycles. The highest BCUT2D eigenvalue weighted by Gasteiger charge is 2.39. The molecule has 4 atom stereocenters. The Kier molecular flexibility index (Phi) is 9.16. The van der Waals surface area contributed by atoms with Gasteiger partial charge in [0.2, 0.25) is 0 Å². The average Bonchev–Trinajstić information content (AvgIpc) is 3.24. The van der Waals surface area contributed by atoms with Crippen LogP contribution in [0.5, 0.6) is 0 Å². The fourth-order valence-electron chi connectivity index (χ4n) is 4.02. The van der Waals surface area contributed by atoms with Gasteiger partial charge in [-0.1, -0.05) is 25.0 Å². The van der Waals surface area contributed by atoms with Crippen molar-refractivity contribution in [2.75, 3.05) is 18.6 Å². The van der Waals surface area contributed by atoms with Crippen LogP contribution in [0.15, 0.2) is 12.2 Å². The molecule has 2 rings (SSSR count). The van der Waals surface area contributed by atoms with Crippen LogP contribution in [-0.2, 0) is 14.3 Å². The van der Waals surface area contributed by atoms with E-state index in [1.165, 1.54) is 20.0 Å². The fourth-order valence-corrected chi connectivity index (χ4v) is 5.00. The van der Waals surface area contributed by atoms with Gasteiger partial charge in [-0.3, -0.25) is 9.59 Å². The Morgan fingerprint density at radius 3 is 2.77 bits per heavy atom. The van der Waals surface area contributed by atoms with Crippen LogP contribution < -0.4 is 0 Å². The van der Waals surface area contributed by atoms with E-state index in [-0.39, 0.29) is 30.0 Å². The maximum atomic E-state index is 12.2. The lowest BCUT2D eigenvalue weighted by molar-refractivity contribution is -0.140. The highest BCUT2D eigenvalue weighted by Crippen LogP contribution is 2.35. The Hall–Kier alpha value is -0.850. The van der Waals surface area contributed by atoms with Crippen molar-refractivity contribution in [1.82, 2.24) is 0 Å². The maximum absolute atomic E-state index is 12.2. The summed E-state index contributed by atoms with van der Waals surface area (Å²) in [5, 5.41) is 20.5. The molecule has 0 aromatic rings. The first-order valence-electron chi connectivity index (χ1n) is 9.74. The summed E-state index contributed by atoms with van der Waals surface area (Å²) in [6, 6.07) is 0. The number of Topliss-reactive ketones (excluding diaryl/α,β-unsaturated/α-hetero) is 1. The average molecular weight is 385 g/mol. The molecule has 2 saturated carbocycles. The van der Waals surface area contributed by atoms with Gasteiger partial charge in [0.25, 0.3) is 0 Å². The van der Waals surface area contributed by atoms with Gasteiger partial charge in [-0.25, -0.2) is 0 Å². The summed E-state index contributed by atoms with van der Waals surface area (Å²) in [6.07, 6.45) is 9.20. The number of ether oxygens (including phenoxy) is 1. The summed E-state index contributed by atoms with van der Waals surface area (Å²) < 4.78 is 4.61. The molecule has 26 heavy (non-hydrogen) atoms. The number of aliphatic hydroxyl groups is 2. The minimum absolute atomic E-state index is 0.123. The van der Waals surface area contributed by atoms with Crippen LogP contribution in [0.3, 0.4) is 0 Å². The van der Waals surface area contributed by atoms with Crippen molar-refractivity contribution in [3.63, 3.8) is 0 Å². The van der Waals surface area contributed by atoms with Gasteiger partial charge >= 0.3 is 5.97 Å². The van der Waals surface area contributed by atoms with Crippen molar-refractivity contribution in [2.45, 2.75) is 63.6 Å². The minimum atomic E-state index is -0.635. The standard InChI is InChI=1S/C20H32O5S/c1-25-20(24)7-4-11-26-12-10-16-15(18(22)13-19(16)23)8-9-17(21)14-5-2-3-6-14/h8-9,14-18,21-22H,2-7,10-13H2,1H3/b9-8+/t15-,16-,17-,18-/m1/s1. The first kappa shape index (κ1) is 21.5. The lowest BCUT2D eigenvalue weighted by Crippen LogP contribution is -2.21. The summed E-state index contributed by atoms with van der Waals surface area (Å²) in [5.74, 6) is 1.60. The number of methoxy groups -OCH3 is 1. The molecule has 2 aliphatic rings. The van der Waals surface area contributed by atoms with E-state index in [0.29, 0.717) is 12.3 Å². The van der Waals surface area contributed by atoms with Crippen LogP contribution in [0.4, 0.5) is 0 Å². The summed E-state index contributed by atoms with van der Waals surface area (Å²) in [7, 11) is 1.39. The molecule has 6 heteroatoms. The number of aliphatic hydroxyl groups excluding tert-OH is 2. The molecule has 0 spiro atoms. The van der Waals surface area contributed by atoms with Crippen molar-refractivity contribution in [1.29, 1.82) is 0 Å². The monoisotopic (exact) mass is 384 g/mol. The number of carbonyl (C=O) groups excluding carboxylic acids is 2. The smallest absolute Gasteiger partial charge is 0.305 e. The van der Waals surface area contributed by atoms with Crippen LogP contribution in [0.25, 0.3) is 0 Å². The van der Waals surface area contributed by atoms with Gasteiger partial charge in [0.05, 0.1) is 19.3 Å². The molecule has 0 saturated heterocycles. The number of carbonyl (C=O) groups is 2. The lowest BCUT2D eigenvalue weighted by Gasteiger charge is -2.19. The molecule has 0 bridgehead atoms. The fraction of sp³-hybridized carbons (Fsp3) is 0.800. The third-order valence-corrected chi connectivity index (χ3v) is 6.72. The number of hydrogen-bond acceptors (Lipinski definition) is 6. The number of thioether (sulfide) groups is 1. The van der Waals surface area contributed by atoms with E-state index < -0.39 is 12.2 Å². The zero-order valence-corrected chi connectivity index (χ0v) is 16.5. The normalized spacial score (nSPS) is 28.1. The Bertz CT molecular complexity index is 487. The van der Waals surface area contributed by atoms with E-state index in [9.17, 15) is 19.8 Å². The van der Waals surface area contributed by atoms with Crippen LogP contribution in [0, 0.1) is 17.8 Å². The second-order valence-electron chi connectivity index (χ2n) is 7.42. The zero-order chi connectivity index (χ0) is 18.9. The number of rotatable bonds is 10. The molecule has 0 heterocycles. The molecule has 0 aromatic carbocycles. The second-order valence-corrected chi connectivity index (χ2v) is 8.65. The maximum Gasteiger partial charge on any atom is 0.305 e. The number of ketones is 1. The Labute approximate surface area is 160 Å². The molecule has 148 valence electrons. The van der Waals surface area contributed by atoms with Gasteiger partial charge in [0.1, 0.15) is 5.78 Å². The summed E-state index contributed by atoms with van der Waals surface area (Å²) in [6.45, 7) is 0. The van der Waals surface area contributed by atoms with E-state index in [2.05, 4.69) is 4.74 Å². The van der Waals surface area contributed by atoms with Gasteiger partial charge in [-0.05, 0) is 43.1 Å². The Morgan fingerprint density at radius 1 is 1.35 bits per heavy atom. The lowest BCUT2D eigenvalue weighted by atomic mass is 9.90. The first-order chi connectivity index (χ1) is 12.5. The molecular weight excluding hydrogens is 352 g/mol. The predicted octanol–water partition coefficient (Wildman–Crippen LogP) is 2.74. The van der Waals surface area contributed by atoms with Crippen molar-refractivity contribution >= 4 is 23.5 Å². The Morgan fingerprint density at radius 2 is 2.08 bits per heavy atom. The Balaban J connectivity index is 1.75. The molecule has 0 radical (unpaired) electrons. The van der Waals surface area contributed by atoms with Crippen molar-refractivity contribution in [2.24, 2.45) is 17.8 Å². The summed E-state index contributed by atoms with van der Waals surface area (Å²) in [5.41, 5.74) is 0. The van der Waals surface area contributed by atoms with Crippen LogP contribution in [-0.4, -0.2) is 52.8 Å². The highest BCUT2D eigenvalue weighted by atomic mass is 32.2. The van der Waals surface area contributed by atoms with Gasteiger partial charge in [-0.2, -0.15) is 11.8 Å². The first-order valence-corrected chi connectivity index (χ1v) is 10.9. The molecule has 5 nitrogen and oxygen atoms in total. The number of hydrogen-bond donors (Lipinski definition) is 2. The molecule has 2 aliphatic carbocycles.